The molecular weight excluding hydrogens is 308 g/mol. The van der Waals surface area contributed by atoms with Gasteiger partial charge in [0.1, 0.15) is 5.76 Å². The van der Waals surface area contributed by atoms with Crippen LogP contribution in [0.25, 0.3) is 0 Å². The summed E-state index contributed by atoms with van der Waals surface area (Å²) in [5, 5.41) is 6.29. The summed E-state index contributed by atoms with van der Waals surface area (Å²) in [6, 6.07) is 1.62. The first kappa shape index (κ1) is 18.4. The Balaban J connectivity index is 0.00000242. The van der Waals surface area contributed by atoms with Crippen LogP contribution in [0, 0.1) is 12.3 Å². The largest absolute Gasteiger partial charge is 0.360 e. The van der Waals surface area contributed by atoms with Crippen molar-refractivity contribution in [2.75, 3.05) is 25.5 Å². The molecule has 0 atom stereocenters. The predicted octanol–water partition coefficient (Wildman–Crippen LogP) is 1.32. The molecule has 1 aromatic rings. The van der Waals surface area contributed by atoms with Crippen LogP contribution in [-0.4, -0.2) is 42.0 Å². The molecule has 0 spiro atoms. The lowest BCUT2D eigenvalue weighted by molar-refractivity contribution is -0.142. The van der Waals surface area contributed by atoms with Gasteiger partial charge in [0.2, 0.25) is 11.8 Å². The highest BCUT2D eigenvalue weighted by Gasteiger charge is 2.41. The molecule has 1 fully saturated rings. The zero-order valence-electron chi connectivity index (χ0n) is 12.9. The number of anilines is 1. The van der Waals surface area contributed by atoms with Gasteiger partial charge in [-0.25, -0.2) is 0 Å². The Morgan fingerprint density at radius 3 is 2.59 bits per heavy atom. The number of nitrogens with zero attached hydrogens (tertiary/aromatic N) is 2. The summed E-state index contributed by atoms with van der Waals surface area (Å²) in [6.07, 6.45) is 3.63. The average molecular weight is 331 g/mol. The normalized spacial score (nSPS) is 16.0. The van der Waals surface area contributed by atoms with Crippen molar-refractivity contribution in [2.45, 2.75) is 32.6 Å². The maximum Gasteiger partial charge on any atom is 0.245 e. The van der Waals surface area contributed by atoms with Gasteiger partial charge in [-0.05, 0) is 19.8 Å². The quantitative estimate of drug-likeness (QED) is 0.847. The Morgan fingerprint density at radius 2 is 2.09 bits per heavy atom. The minimum absolute atomic E-state index is 0. The predicted molar refractivity (Wildman–Crippen MR) is 84.7 cm³/mol. The summed E-state index contributed by atoms with van der Waals surface area (Å²) < 4.78 is 4.87. The number of carbonyl (C=O) groups is 2. The van der Waals surface area contributed by atoms with Crippen molar-refractivity contribution in [2.24, 2.45) is 11.1 Å². The number of carbonyl (C=O) groups excluding carboxylic acids is 2. The number of halogens is 1. The van der Waals surface area contributed by atoms with Crippen LogP contribution in [0.4, 0.5) is 5.82 Å². The molecule has 0 aromatic carbocycles. The second kappa shape index (κ2) is 7.60. The minimum atomic E-state index is -0.487. The van der Waals surface area contributed by atoms with E-state index in [1.54, 1.807) is 20.0 Å². The van der Waals surface area contributed by atoms with Crippen LogP contribution in [0.1, 0.15) is 31.4 Å². The van der Waals surface area contributed by atoms with Crippen LogP contribution in [0.5, 0.6) is 0 Å². The van der Waals surface area contributed by atoms with Crippen LogP contribution >= 0.6 is 12.4 Å². The van der Waals surface area contributed by atoms with E-state index in [0.717, 1.165) is 25.7 Å². The molecule has 1 saturated carbocycles. The molecular formula is C14H23ClN4O3. The molecule has 124 valence electrons. The summed E-state index contributed by atoms with van der Waals surface area (Å²) in [5.41, 5.74) is 5.31. The van der Waals surface area contributed by atoms with Crippen molar-refractivity contribution in [3.63, 3.8) is 0 Å². The van der Waals surface area contributed by atoms with Crippen molar-refractivity contribution < 1.29 is 14.1 Å². The number of nitrogens with two attached hydrogens (primary N) is 1. The highest BCUT2D eigenvalue weighted by Crippen LogP contribution is 2.38. The molecule has 22 heavy (non-hydrogen) atoms. The fourth-order valence-electron chi connectivity index (χ4n) is 2.86. The van der Waals surface area contributed by atoms with E-state index in [-0.39, 0.29) is 30.8 Å². The number of aromatic nitrogens is 1. The average Bonchev–Trinajstić information content (AvgIpc) is 3.07. The monoisotopic (exact) mass is 330 g/mol. The molecule has 3 N–H and O–H groups in total. The molecule has 0 radical (unpaired) electrons. The summed E-state index contributed by atoms with van der Waals surface area (Å²) in [7, 11) is 1.63. The lowest BCUT2D eigenvalue weighted by Crippen LogP contribution is -2.47. The van der Waals surface area contributed by atoms with Gasteiger partial charge in [0, 0.05) is 19.7 Å². The third kappa shape index (κ3) is 3.98. The highest BCUT2D eigenvalue weighted by molar-refractivity contribution is 5.94. The first-order chi connectivity index (χ1) is 9.97. The Morgan fingerprint density at radius 1 is 1.45 bits per heavy atom. The molecule has 1 aromatic heterocycles. The standard InChI is InChI=1S/C14H22N4O3.ClH/c1-10-7-11(17-21-10)16-12(19)8-18(2)13(20)14(9-15)5-3-4-6-14;/h7H,3-6,8-9,15H2,1-2H3,(H,16,17,19);1H. The van der Waals surface area contributed by atoms with Crippen molar-refractivity contribution in [3.8, 4) is 0 Å². The molecule has 0 bridgehead atoms. The zero-order valence-corrected chi connectivity index (χ0v) is 13.7. The molecule has 7 nitrogen and oxygen atoms in total. The zero-order chi connectivity index (χ0) is 15.5. The Bertz CT molecular complexity index is 526. The SMILES string of the molecule is Cc1cc(NC(=O)CN(C)C(=O)C2(CN)CCCC2)no1.Cl. The number of amides is 2. The molecule has 1 heterocycles. The van der Waals surface area contributed by atoms with Gasteiger partial charge in [-0.2, -0.15) is 0 Å². The third-order valence-electron chi connectivity index (χ3n) is 4.03. The van der Waals surface area contributed by atoms with Gasteiger partial charge in [0.15, 0.2) is 5.82 Å². The molecule has 8 heteroatoms. The summed E-state index contributed by atoms with van der Waals surface area (Å²) in [6.45, 7) is 2.05. The van der Waals surface area contributed by atoms with E-state index in [0.29, 0.717) is 18.1 Å². The number of nitrogens with one attached hydrogen (secondary N) is 1. The van der Waals surface area contributed by atoms with Crippen LogP contribution in [0.2, 0.25) is 0 Å². The van der Waals surface area contributed by atoms with Crippen molar-refractivity contribution in [3.05, 3.63) is 11.8 Å². The minimum Gasteiger partial charge on any atom is -0.360 e. The van der Waals surface area contributed by atoms with Gasteiger partial charge in [-0.15, -0.1) is 12.4 Å². The van der Waals surface area contributed by atoms with Gasteiger partial charge in [0.25, 0.3) is 0 Å². The number of rotatable bonds is 5. The molecule has 2 amide bonds. The van der Waals surface area contributed by atoms with E-state index >= 15 is 0 Å². The Kier molecular flexibility index (Phi) is 6.37. The summed E-state index contributed by atoms with van der Waals surface area (Å²) in [4.78, 5) is 25.9. The van der Waals surface area contributed by atoms with Gasteiger partial charge in [-0.3, -0.25) is 9.59 Å². The molecule has 0 saturated heterocycles. The maximum atomic E-state index is 12.5. The van der Waals surface area contributed by atoms with Gasteiger partial charge in [0.05, 0.1) is 12.0 Å². The number of aryl methyl sites for hydroxylation is 1. The van der Waals surface area contributed by atoms with Crippen LogP contribution in [0.15, 0.2) is 10.6 Å². The fraction of sp³-hybridized carbons (Fsp3) is 0.643. The van der Waals surface area contributed by atoms with E-state index < -0.39 is 5.41 Å². The first-order valence-electron chi connectivity index (χ1n) is 7.16. The fourth-order valence-corrected chi connectivity index (χ4v) is 2.86. The van der Waals surface area contributed by atoms with E-state index in [4.69, 9.17) is 10.3 Å². The first-order valence-corrected chi connectivity index (χ1v) is 7.16. The topological polar surface area (TPSA) is 101 Å². The van der Waals surface area contributed by atoms with Crippen molar-refractivity contribution in [1.29, 1.82) is 0 Å². The van der Waals surface area contributed by atoms with E-state index in [1.807, 2.05) is 0 Å². The van der Waals surface area contributed by atoms with E-state index in [1.165, 1.54) is 4.90 Å². The lowest BCUT2D eigenvalue weighted by Gasteiger charge is -2.30. The lowest BCUT2D eigenvalue weighted by atomic mass is 9.85. The Hall–Kier alpha value is -1.60. The molecule has 0 aliphatic heterocycles. The molecule has 1 aliphatic rings. The van der Waals surface area contributed by atoms with E-state index in [2.05, 4.69) is 10.5 Å². The van der Waals surface area contributed by atoms with Crippen LogP contribution in [-0.2, 0) is 9.59 Å². The highest BCUT2D eigenvalue weighted by atomic mass is 35.5. The second-order valence-electron chi connectivity index (χ2n) is 5.72. The number of likely N-dealkylation sites (N-methyl/N-ethyl adjacent to an activating group) is 1. The summed E-state index contributed by atoms with van der Waals surface area (Å²) in [5.74, 6) is 0.619. The van der Waals surface area contributed by atoms with Gasteiger partial charge < -0.3 is 20.5 Å². The summed E-state index contributed by atoms with van der Waals surface area (Å²) >= 11 is 0. The van der Waals surface area contributed by atoms with Crippen LogP contribution < -0.4 is 11.1 Å². The van der Waals surface area contributed by atoms with Gasteiger partial charge in [-0.1, -0.05) is 18.0 Å². The van der Waals surface area contributed by atoms with Crippen molar-refractivity contribution in [1.82, 2.24) is 10.1 Å². The molecule has 1 aliphatic carbocycles. The molecule has 0 unspecified atom stereocenters. The molecule has 2 rings (SSSR count). The number of hydrogen-bond donors (Lipinski definition) is 2. The smallest absolute Gasteiger partial charge is 0.245 e. The van der Waals surface area contributed by atoms with Crippen molar-refractivity contribution >= 4 is 30.0 Å². The Labute approximate surface area is 136 Å². The second-order valence-corrected chi connectivity index (χ2v) is 5.72. The van der Waals surface area contributed by atoms with Gasteiger partial charge >= 0.3 is 0 Å². The number of hydrogen-bond acceptors (Lipinski definition) is 5. The third-order valence-corrected chi connectivity index (χ3v) is 4.03. The van der Waals surface area contributed by atoms with E-state index in [9.17, 15) is 9.59 Å². The van der Waals surface area contributed by atoms with Crippen LogP contribution in [0.3, 0.4) is 0 Å². The maximum absolute atomic E-state index is 12.5.